The molecule has 26 heavy (non-hydrogen) atoms. The van der Waals surface area contributed by atoms with Gasteiger partial charge in [-0.05, 0) is 73.8 Å². The molecule has 8 nitrogen and oxygen atoms in total. The molecule has 1 atom stereocenters. The van der Waals surface area contributed by atoms with Crippen molar-refractivity contribution in [1.82, 2.24) is 5.32 Å². The Morgan fingerprint density at radius 1 is 1.08 bits per heavy atom. The lowest BCUT2D eigenvalue weighted by atomic mass is 10.1. The second-order valence-electron chi connectivity index (χ2n) is 5.01. The number of amides is 2. The van der Waals surface area contributed by atoms with Crippen LogP contribution in [0.4, 0.5) is 0 Å². The molecule has 0 fully saturated rings. The Bertz CT molecular complexity index is 753. The monoisotopic (exact) mass is 700 g/mol. The Labute approximate surface area is 190 Å². The highest BCUT2D eigenvalue weighted by atomic mass is 127. The number of hydrogen-bond donors (Lipinski definition) is 2. The van der Waals surface area contributed by atoms with Gasteiger partial charge in [-0.3, -0.25) is 19.2 Å². The van der Waals surface area contributed by atoms with Gasteiger partial charge in [0.05, 0.1) is 17.7 Å². The number of benzene rings is 1. The summed E-state index contributed by atoms with van der Waals surface area (Å²) < 4.78 is 11.6. The first-order valence-electron chi connectivity index (χ1n) is 7.10. The van der Waals surface area contributed by atoms with Crippen LogP contribution in [-0.4, -0.2) is 43.0 Å². The van der Waals surface area contributed by atoms with Crippen LogP contribution in [-0.2, 0) is 19.1 Å². The topological polar surface area (TPSA) is 125 Å². The maximum Gasteiger partial charge on any atom is 0.303 e. The second kappa shape index (κ2) is 10.6. The summed E-state index contributed by atoms with van der Waals surface area (Å²) in [5.74, 6) is -2.18. The molecule has 0 saturated carbocycles. The van der Waals surface area contributed by atoms with Crippen molar-refractivity contribution in [2.24, 2.45) is 5.73 Å². The molecule has 0 spiro atoms. The summed E-state index contributed by atoms with van der Waals surface area (Å²) in [5, 5.41) is 2.62. The Hall–Kier alpha value is -0.710. The van der Waals surface area contributed by atoms with Gasteiger partial charge < -0.3 is 20.5 Å². The molecule has 2 amide bonds. The molecule has 0 saturated heterocycles. The van der Waals surface area contributed by atoms with E-state index in [1.165, 1.54) is 13.8 Å². The first-order chi connectivity index (χ1) is 12.0. The van der Waals surface area contributed by atoms with Crippen LogP contribution in [0, 0.1) is 10.7 Å². The highest BCUT2D eigenvalue weighted by Gasteiger charge is 2.23. The summed E-state index contributed by atoms with van der Waals surface area (Å²) in [7, 11) is 0. The molecule has 0 bridgehead atoms. The molecule has 1 aromatic carbocycles. The van der Waals surface area contributed by atoms with Crippen LogP contribution < -0.4 is 11.1 Å². The third-order valence-electron chi connectivity index (χ3n) is 2.94. The van der Waals surface area contributed by atoms with E-state index in [-0.39, 0.29) is 18.7 Å². The highest BCUT2D eigenvalue weighted by Crippen LogP contribution is 2.27. The van der Waals surface area contributed by atoms with Crippen molar-refractivity contribution < 1.29 is 28.7 Å². The van der Waals surface area contributed by atoms with E-state index in [4.69, 9.17) is 15.2 Å². The minimum atomic E-state index is -0.824. The molecule has 0 heterocycles. The van der Waals surface area contributed by atoms with Gasteiger partial charge in [0.15, 0.2) is 6.10 Å². The van der Waals surface area contributed by atoms with Crippen molar-refractivity contribution in [3.63, 3.8) is 0 Å². The molecule has 0 aliphatic rings. The zero-order valence-electron chi connectivity index (χ0n) is 13.7. The summed E-state index contributed by atoms with van der Waals surface area (Å²) in [6.45, 7) is 2.20. The fourth-order valence-electron chi connectivity index (χ4n) is 1.90. The standard InChI is InChI=1S/C15H15I3N2O6/c1-6(21)25-5-8(26-7(2)22)4-20-15(24)12-10(17)3-9(16)11(13(12)18)14(19)23/h3,8H,4-5H2,1-2H3,(H2,19,23)(H,20,24). The summed E-state index contributed by atoms with van der Waals surface area (Å²) in [6, 6.07) is 1.68. The van der Waals surface area contributed by atoms with Gasteiger partial charge in [0, 0.05) is 24.6 Å². The van der Waals surface area contributed by atoms with Crippen LogP contribution in [0.5, 0.6) is 0 Å². The zero-order chi connectivity index (χ0) is 20.0. The van der Waals surface area contributed by atoms with Crippen molar-refractivity contribution in [3.8, 4) is 0 Å². The van der Waals surface area contributed by atoms with Gasteiger partial charge in [0.25, 0.3) is 11.8 Å². The summed E-state index contributed by atoms with van der Waals surface area (Å²) in [5.41, 5.74) is 5.96. The molecule has 142 valence electrons. The van der Waals surface area contributed by atoms with Crippen molar-refractivity contribution in [2.75, 3.05) is 13.2 Å². The Balaban J connectivity index is 2.98. The normalized spacial score (nSPS) is 11.4. The lowest BCUT2D eigenvalue weighted by molar-refractivity contribution is -0.155. The number of halogens is 3. The molecule has 1 unspecified atom stereocenters. The summed E-state index contributed by atoms with van der Waals surface area (Å²) in [6.07, 6.45) is -0.824. The Morgan fingerprint density at radius 3 is 2.15 bits per heavy atom. The molecule has 1 rings (SSSR count). The minimum Gasteiger partial charge on any atom is -0.462 e. The molecule has 3 N–H and O–H groups in total. The molecular weight excluding hydrogens is 685 g/mol. The maximum absolute atomic E-state index is 12.6. The summed E-state index contributed by atoms with van der Waals surface area (Å²) >= 11 is 5.87. The lowest BCUT2D eigenvalue weighted by Gasteiger charge is -2.18. The SMILES string of the molecule is CC(=O)OCC(CNC(=O)c1c(I)cc(I)c(C(N)=O)c1I)OC(C)=O. The van der Waals surface area contributed by atoms with E-state index in [9.17, 15) is 19.2 Å². The van der Waals surface area contributed by atoms with E-state index in [1.807, 2.05) is 67.8 Å². The predicted molar refractivity (Wildman–Crippen MR) is 118 cm³/mol. The number of carbonyl (C=O) groups excluding carboxylic acids is 4. The van der Waals surface area contributed by atoms with Crippen LogP contribution >= 0.6 is 67.8 Å². The fraction of sp³-hybridized carbons (Fsp3) is 0.333. The number of ether oxygens (including phenoxy) is 2. The van der Waals surface area contributed by atoms with Crippen molar-refractivity contribution in [1.29, 1.82) is 0 Å². The Kier molecular flexibility index (Phi) is 9.49. The highest BCUT2D eigenvalue weighted by molar-refractivity contribution is 14.1. The smallest absolute Gasteiger partial charge is 0.303 e. The van der Waals surface area contributed by atoms with Crippen LogP contribution in [0.3, 0.4) is 0 Å². The number of esters is 2. The second-order valence-corrected chi connectivity index (χ2v) is 8.42. The first-order valence-corrected chi connectivity index (χ1v) is 10.3. The zero-order valence-corrected chi connectivity index (χ0v) is 20.2. The minimum absolute atomic E-state index is 0.0598. The molecule has 0 aromatic heterocycles. The average molecular weight is 700 g/mol. The predicted octanol–water partition coefficient (Wildman–Crippen LogP) is 1.82. The fourth-order valence-corrected chi connectivity index (χ4v) is 6.29. The van der Waals surface area contributed by atoms with Crippen molar-refractivity contribution in [2.45, 2.75) is 20.0 Å². The number of hydrogen-bond acceptors (Lipinski definition) is 6. The van der Waals surface area contributed by atoms with E-state index in [2.05, 4.69) is 5.32 Å². The van der Waals surface area contributed by atoms with Gasteiger partial charge in [-0.1, -0.05) is 0 Å². The molecular formula is C15H15I3N2O6. The van der Waals surface area contributed by atoms with Gasteiger partial charge in [-0.15, -0.1) is 0 Å². The maximum atomic E-state index is 12.6. The largest absolute Gasteiger partial charge is 0.462 e. The van der Waals surface area contributed by atoms with Crippen LogP contribution in [0.2, 0.25) is 0 Å². The van der Waals surface area contributed by atoms with E-state index < -0.39 is 29.9 Å². The first kappa shape index (κ1) is 23.3. The van der Waals surface area contributed by atoms with Gasteiger partial charge in [-0.2, -0.15) is 0 Å². The number of nitrogens with one attached hydrogen (secondary N) is 1. The van der Waals surface area contributed by atoms with Crippen molar-refractivity contribution >= 4 is 91.5 Å². The van der Waals surface area contributed by atoms with E-state index in [0.29, 0.717) is 16.3 Å². The van der Waals surface area contributed by atoms with E-state index >= 15 is 0 Å². The van der Waals surface area contributed by atoms with E-state index in [1.54, 1.807) is 6.07 Å². The Morgan fingerprint density at radius 2 is 1.65 bits per heavy atom. The van der Waals surface area contributed by atoms with Gasteiger partial charge in [-0.25, -0.2) is 0 Å². The van der Waals surface area contributed by atoms with E-state index in [0.717, 1.165) is 0 Å². The summed E-state index contributed by atoms with van der Waals surface area (Å²) in [4.78, 5) is 46.3. The number of primary amides is 1. The number of carbonyl (C=O) groups is 4. The van der Waals surface area contributed by atoms with Crippen molar-refractivity contribution in [3.05, 3.63) is 27.9 Å². The molecule has 1 aromatic rings. The quantitative estimate of drug-likeness (QED) is 0.331. The van der Waals surface area contributed by atoms with Crippen LogP contribution in [0.1, 0.15) is 34.6 Å². The lowest BCUT2D eigenvalue weighted by Crippen LogP contribution is -2.38. The van der Waals surface area contributed by atoms with Gasteiger partial charge in [0.2, 0.25) is 0 Å². The third kappa shape index (κ3) is 6.79. The average Bonchev–Trinajstić information content (AvgIpc) is 2.48. The molecule has 0 radical (unpaired) electrons. The number of rotatable bonds is 7. The molecule has 0 aliphatic carbocycles. The van der Waals surface area contributed by atoms with Crippen LogP contribution in [0.15, 0.2) is 6.07 Å². The van der Waals surface area contributed by atoms with Gasteiger partial charge in [0.1, 0.15) is 6.61 Å². The third-order valence-corrected chi connectivity index (χ3v) is 5.72. The number of nitrogens with two attached hydrogens (primary N) is 1. The van der Waals surface area contributed by atoms with Gasteiger partial charge >= 0.3 is 11.9 Å². The van der Waals surface area contributed by atoms with Crippen LogP contribution in [0.25, 0.3) is 0 Å². The molecule has 11 heteroatoms. The molecule has 0 aliphatic heterocycles.